The summed E-state index contributed by atoms with van der Waals surface area (Å²) in [5.41, 5.74) is 5.45. The van der Waals surface area contributed by atoms with E-state index in [1.807, 2.05) is 20.8 Å². The standard InChI is InChI=1S/C13H21BrN2O2S/c1-4-16(10-13(2,3)9-15)19(17,18)12-7-5-6-11(14)8-12/h5-8H,4,9-10,15H2,1-3H3. The van der Waals surface area contributed by atoms with Crippen molar-refractivity contribution in [3.05, 3.63) is 28.7 Å². The Labute approximate surface area is 124 Å². The molecule has 1 aromatic carbocycles. The van der Waals surface area contributed by atoms with Crippen molar-refractivity contribution in [2.24, 2.45) is 11.1 Å². The third-order valence-electron chi connectivity index (χ3n) is 2.94. The molecule has 19 heavy (non-hydrogen) atoms. The predicted molar refractivity (Wildman–Crippen MR) is 81.4 cm³/mol. The molecule has 0 heterocycles. The van der Waals surface area contributed by atoms with Crippen LogP contribution in [0.25, 0.3) is 0 Å². The van der Waals surface area contributed by atoms with E-state index in [1.165, 1.54) is 4.31 Å². The van der Waals surface area contributed by atoms with E-state index in [0.29, 0.717) is 24.5 Å². The molecule has 0 spiro atoms. The van der Waals surface area contributed by atoms with Crippen LogP contribution in [-0.2, 0) is 10.0 Å². The van der Waals surface area contributed by atoms with Crippen LogP contribution in [-0.4, -0.2) is 32.4 Å². The highest BCUT2D eigenvalue weighted by molar-refractivity contribution is 9.10. The van der Waals surface area contributed by atoms with Crippen molar-refractivity contribution in [1.29, 1.82) is 0 Å². The lowest BCUT2D eigenvalue weighted by Gasteiger charge is -2.30. The van der Waals surface area contributed by atoms with E-state index in [9.17, 15) is 8.42 Å². The molecule has 1 aromatic rings. The minimum absolute atomic E-state index is 0.241. The van der Waals surface area contributed by atoms with Crippen LogP contribution < -0.4 is 5.73 Å². The molecule has 0 amide bonds. The number of nitrogens with two attached hydrogens (primary N) is 1. The zero-order valence-electron chi connectivity index (χ0n) is 11.6. The Morgan fingerprint density at radius 2 is 2.00 bits per heavy atom. The SMILES string of the molecule is CCN(CC(C)(C)CN)S(=O)(=O)c1cccc(Br)c1. The van der Waals surface area contributed by atoms with Crippen molar-refractivity contribution < 1.29 is 8.42 Å². The van der Waals surface area contributed by atoms with Gasteiger partial charge in [0.15, 0.2) is 0 Å². The number of benzene rings is 1. The Morgan fingerprint density at radius 3 is 2.47 bits per heavy atom. The minimum Gasteiger partial charge on any atom is -0.330 e. The lowest BCUT2D eigenvalue weighted by Crippen LogP contribution is -2.41. The zero-order chi connectivity index (χ0) is 14.7. The molecule has 0 aliphatic heterocycles. The molecule has 0 saturated carbocycles. The number of rotatable bonds is 6. The summed E-state index contributed by atoms with van der Waals surface area (Å²) in [4.78, 5) is 0.302. The summed E-state index contributed by atoms with van der Waals surface area (Å²) in [5, 5.41) is 0. The van der Waals surface area contributed by atoms with Crippen molar-refractivity contribution in [2.45, 2.75) is 25.7 Å². The van der Waals surface area contributed by atoms with Gasteiger partial charge in [0.1, 0.15) is 0 Å². The summed E-state index contributed by atoms with van der Waals surface area (Å²) < 4.78 is 27.4. The monoisotopic (exact) mass is 348 g/mol. The van der Waals surface area contributed by atoms with Gasteiger partial charge in [-0.1, -0.05) is 42.8 Å². The Morgan fingerprint density at radius 1 is 1.37 bits per heavy atom. The quantitative estimate of drug-likeness (QED) is 0.858. The summed E-state index contributed by atoms with van der Waals surface area (Å²) in [6.45, 7) is 7.05. The van der Waals surface area contributed by atoms with Gasteiger partial charge in [0.2, 0.25) is 10.0 Å². The van der Waals surface area contributed by atoms with Crippen LogP contribution in [0.4, 0.5) is 0 Å². The van der Waals surface area contributed by atoms with Crippen molar-refractivity contribution in [1.82, 2.24) is 4.31 Å². The largest absolute Gasteiger partial charge is 0.330 e. The third kappa shape index (κ3) is 4.27. The topological polar surface area (TPSA) is 63.4 Å². The van der Waals surface area contributed by atoms with Crippen molar-refractivity contribution in [3.8, 4) is 0 Å². The van der Waals surface area contributed by atoms with Gasteiger partial charge in [-0.3, -0.25) is 0 Å². The van der Waals surface area contributed by atoms with Crippen LogP contribution in [0.1, 0.15) is 20.8 Å². The fraction of sp³-hybridized carbons (Fsp3) is 0.538. The summed E-state index contributed by atoms with van der Waals surface area (Å²) in [6.07, 6.45) is 0. The fourth-order valence-corrected chi connectivity index (χ4v) is 3.92. The summed E-state index contributed by atoms with van der Waals surface area (Å²) in [7, 11) is -3.47. The van der Waals surface area contributed by atoms with Gasteiger partial charge in [0.25, 0.3) is 0 Å². The van der Waals surface area contributed by atoms with E-state index in [4.69, 9.17) is 5.73 Å². The second-order valence-corrected chi connectivity index (χ2v) is 8.11. The predicted octanol–water partition coefficient (Wildman–Crippen LogP) is 2.44. The first kappa shape index (κ1) is 16.6. The number of nitrogens with zero attached hydrogens (tertiary/aromatic N) is 1. The number of halogens is 1. The molecule has 0 bridgehead atoms. The van der Waals surface area contributed by atoms with E-state index in [-0.39, 0.29) is 5.41 Å². The van der Waals surface area contributed by atoms with Crippen LogP contribution in [0, 0.1) is 5.41 Å². The minimum atomic E-state index is -3.47. The first-order valence-electron chi connectivity index (χ1n) is 6.19. The van der Waals surface area contributed by atoms with Crippen LogP contribution in [0.15, 0.2) is 33.6 Å². The Bertz CT molecular complexity index is 529. The van der Waals surface area contributed by atoms with E-state index in [1.54, 1.807) is 24.3 Å². The van der Waals surface area contributed by atoms with Crippen molar-refractivity contribution >= 4 is 26.0 Å². The Balaban J connectivity index is 3.10. The average molecular weight is 349 g/mol. The van der Waals surface area contributed by atoms with Gasteiger partial charge in [-0.05, 0) is 30.2 Å². The highest BCUT2D eigenvalue weighted by Crippen LogP contribution is 2.23. The second kappa shape index (κ2) is 6.35. The summed E-state index contributed by atoms with van der Waals surface area (Å²) in [6, 6.07) is 6.75. The molecule has 0 fully saturated rings. The molecule has 0 saturated heterocycles. The van der Waals surface area contributed by atoms with Gasteiger partial charge in [0, 0.05) is 17.6 Å². The van der Waals surface area contributed by atoms with Gasteiger partial charge in [-0.2, -0.15) is 4.31 Å². The molecule has 0 aromatic heterocycles. The first-order valence-corrected chi connectivity index (χ1v) is 8.42. The smallest absolute Gasteiger partial charge is 0.243 e. The lowest BCUT2D eigenvalue weighted by molar-refractivity contribution is 0.273. The normalized spacial score (nSPS) is 12.9. The maximum atomic E-state index is 12.6. The molecule has 2 N–H and O–H groups in total. The van der Waals surface area contributed by atoms with E-state index >= 15 is 0 Å². The van der Waals surface area contributed by atoms with Gasteiger partial charge in [-0.25, -0.2) is 8.42 Å². The highest BCUT2D eigenvalue weighted by atomic mass is 79.9. The molecule has 1 rings (SSSR count). The van der Waals surface area contributed by atoms with Gasteiger partial charge >= 0.3 is 0 Å². The maximum Gasteiger partial charge on any atom is 0.243 e. The van der Waals surface area contributed by atoms with E-state index in [2.05, 4.69) is 15.9 Å². The maximum absolute atomic E-state index is 12.6. The average Bonchev–Trinajstić information content (AvgIpc) is 2.36. The first-order chi connectivity index (χ1) is 8.73. The number of hydrogen-bond donors (Lipinski definition) is 1. The van der Waals surface area contributed by atoms with Crippen LogP contribution in [0.2, 0.25) is 0 Å². The Hall–Kier alpha value is -0.430. The molecule has 0 atom stereocenters. The molecule has 6 heteroatoms. The van der Waals surface area contributed by atoms with E-state index < -0.39 is 10.0 Å². The van der Waals surface area contributed by atoms with Gasteiger partial charge in [-0.15, -0.1) is 0 Å². The molecule has 0 radical (unpaired) electrons. The lowest BCUT2D eigenvalue weighted by atomic mass is 9.94. The third-order valence-corrected chi connectivity index (χ3v) is 5.35. The van der Waals surface area contributed by atoms with E-state index in [0.717, 1.165) is 4.47 Å². The zero-order valence-corrected chi connectivity index (χ0v) is 14.0. The molecule has 0 unspecified atom stereocenters. The van der Waals surface area contributed by atoms with Crippen molar-refractivity contribution in [2.75, 3.05) is 19.6 Å². The van der Waals surface area contributed by atoms with Gasteiger partial charge < -0.3 is 5.73 Å². The Kier molecular flexibility index (Phi) is 5.55. The number of hydrogen-bond acceptors (Lipinski definition) is 3. The summed E-state index contributed by atoms with van der Waals surface area (Å²) in [5.74, 6) is 0. The van der Waals surface area contributed by atoms with Crippen LogP contribution in [0.5, 0.6) is 0 Å². The van der Waals surface area contributed by atoms with Crippen molar-refractivity contribution in [3.63, 3.8) is 0 Å². The molecule has 108 valence electrons. The summed E-state index contributed by atoms with van der Waals surface area (Å²) >= 11 is 3.30. The van der Waals surface area contributed by atoms with Gasteiger partial charge in [0.05, 0.1) is 4.90 Å². The molecular formula is C13H21BrN2O2S. The highest BCUT2D eigenvalue weighted by Gasteiger charge is 2.28. The van der Waals surface area contributed by atoms with Crippen LogP contribution >= 0.6 is 15.9 Å². The molecule has 0 aliphatic carbocycles. The van der Waals surface area contributed by atoms with Crippen LogP contribution in [0.3, 0.4) is 0 Å². The number of sulfonamides is 1. The molecule has 4 nitrogen and oxygen atoms in total. The molecule has 0 aliphatic rings. The second-order valence-electron chi connectivity index (χ2n) is 5.26. The fourth-order valence-electron chi connectivity index (χ4n) is 1.69. The molecular weight excluding hydrogens is 328 g/mol.